The van der Waals surface area contributed by atoms with Crippen LogP contribution in [0.4, 0.5) is 0 Å². The highest BCUT2D eigenvalue weighted by Crippen LogP contribution is 2.21. The smallest absolute Gasteiger partial charge is 0.330 e. The summed E-state index contributed by atoms with van der Waals surface area (Å²) in [5.41, 5.74) is 1.21. The lowest BCUT2D eigenvalue weighted by Crippen LogP contribution is -2.19. The molecule has 0 amide bonds. The molecular formula is C17H22O2. The SMILES string of the molecule is CC(/C=C/C(=O)OC1CCCCC1)c1ccccc1. The van der Waals surface area contributed by atoms with Crippen LogP contribution in [0.15, 0.2) is 42.5 Å². The molecule has 1 aliphatic rings. The molecule has 1 saturated carbocycles. The Morgan fingerprint density at radius 2 is 1.89 bits per heavy atom. The van der Waals surface area contributed by atoms with Crippen molar-refractivity contribution in [2.24, 2.45) is 0 Å². The molecule has 1 aliphatic carbocycles. The van der Waals surface area contributed by atoms with Crippen LogP contribution in [-0.4, -0.2) is 12.1 Å². The van der Waals surface area contributed by atoms with Crippen molar-refractivity contribution in [3.63, 3.8) is 0 Å². The van der Waals surface area contributed by atoms with Gasteiger partial charge in [0.25, 0.3) is 0 Å². The first-order chi connectivity index (χ1) is 9.25. The van der Waals surface area contributed by atoms with E-state index >= 15 is 0 Å². The summed E-state index contributed by atoms with van der Waals surface area (Å²) in [6.07, 6.45) is 9.31. The minimum atomic E-state index is -0.199. The Morgan fingerprint density at radius 3 is 2.58 bits per heavy atom. The highest BCUT2D eigenvalue weighted by Gasteiger charge is 2.16. The molecule has 102 valence electrons. The van der Waals surface area contributed by atoms with E-state index in [0.717, 1.165) is 12.8 Å². The Morgan fingerprint density at radius 1 is 1.21 bits per heavy atom. The first-order valence-electron chi connectivity index (χ1n) is 7.19. The van der Waals surface area contributed by atoms with Gasteiger partial charge in [0.05, 0.1) is 0 Å². The van der Waals surface area contributed by atoms with Gasteiger partial charge in [-0.1, -0.05) is 49.8 Å². The molecule has 1 fully saturated rings. The number of carbonyl (C=O) groups is 1. The largest absolute Gasteiger partial charge is 0.459 e. The fraction of sp³-hybridized carbons (Fsp3) is 0.471. The average Bonchev–Trinajstić information content (AvgIpc) is 2.47. The minimum absolute atomic E-state index is 0.137. The highest BCUT2D eigenvalue weighted by atomic mass is 16.5. The topological polar surface area (TPSA) is 26.3 Å². The van der Waals surface area contributed by atoms with Crippen LogP contribution in [-0.2, 0) is 9.53 Å². The summed E-state index contributed by atoms with van der Waals surface area (Å²) in [5.74, 6) is 0.0368. The van der Waals surface area contributed by atoms with Crippen molar-refractivity contribution in [3.05, 3.63) is 48.0 Å². The second-order valence-electron chi connectivity index (χ2n) is 5.26. The van der Waals surface area contributed by atoms with Crippen molar-refractivity contribution < 1.29 is 9.53 Å². The van der Waals surface area contributed by atoms with Crippen LogP contribution < -0.4 is 0 Å². The minimum Gasteiger partial charge on any atom is -0.459 e. The van der Waals surface area contributed by atoms with Crippen molar-refractivity contribution in [2.45, 2.75) is 51.0 Å². The van der Waals surface area contributed by atoms with Gasteiger partial charge in [-0.25, -0.2) is 4.79 Å². The van der Waals surface area contributed by atoms with Gasteiger partial charge in [0, 0.05) is 6.08 Å². The summed E-state index contributed by atoms with van der Waals surface area (Å²) in [4.78, 5) is 11.7. The molecule has 19 heavy (non-hydrogen) atoms. The zero-order valence-corrected chi connectivity index (χ0v) is 11.5. The van der Waals surface area contributed by atoms with E-state index in [2.05, 4.69) is 19.1 Å². The summed E-state index contributed by atoms with van der Waals surface area (Å²) in [6, 6.07) is 10.2. The molecule has 1 unspecified atom stereocenters. The maximum Gasteiger partial charge on any atom is 0.330 e. The van der Waals surface area contributed by atoms with Gasteiger partial charge in [-0.15, -0.1) is 0 Å². The van der Waals surface area contributed by atoms with Crippen LogP contribution >= 0.6 is 0 Å². The van der Waals surface area contributed by atoms with Crippen LogP contribution in [0.1, 0.15) is 50.5 Å². The highest BCUT2D eigenvalue weighted by molar-refractivity contribution is 5.82. The molecule has 0 bridgehead atoms. The van der Waals surface area contributed by atoms with E-state index in [1.165, 1.54) is 24.8 Å². The van der Waals surface area contributed by atoms with Crippen molar-refractivity contribution >= 4 is 5.97 Å². The van der Waals surface area contributed by atoms with Crippen LogP contribution in [0.2, 0.25) is 0 Å². The molecule has 0 aliphatic heterocycles. The molecule has 1 aromatic carbocycles. The molecule has 1 atom stereocenters. The van der Waals surface area contributed by atoms with Crippen molar-refractivity contribution in [1.82, 2.24) is 0 Å². The second-order valence-corrected chi connectivity index (χ2v) is 5.26. The van der Waals surface area contributed by atoms with Gasteiger partial charge in [-0.05, 0) is 37.2 Å². The van der Waals surface area contributed by atoms with Crippen LogP contribution in [0.25, 0.3) is 0 Å². The number of benzene rings is 1. The first-order valence-corrected chi connectivity index (χ1v) is 7.19. The third kappa shape index (κ3) is 4.55. The summed E-state index contributed by atoms with van der Waals surface area (Å²) in [7, 11) is 0. The number of esters is 1. The molecule has 0 spiro atoms. The standard InChI is InChI=1S/C17H22O2/c1-14(15-8-4-2-5-9-15)12-13-17(18)19-16-10-6-3-7-11-16/h2,4-5,8-9,12-14,16H,3,6-7,10-11H2,1H3/b13-12+. The van der Waals surface area contributed by atoms with Gasteiger partial charge >= 0.3 is 5.97 Å². The predicted octanol–water partition coefficient (Wildman–Crippen LogP) is 4.22. The third-order valence-corrected chi connectivity index (χ3v) is 3.68. The Hall–Kier alpha value is -1.57. The molecule has 2 nitrogen and oxygen atoms in total. The van der Waals surface area contributed by atoms with E-state index in [9.17, 15) is 4.79 Å². The maximum atomic E-state index is 11.7. The molecule has 0 radical (unpaired) electrons. The summed E-state index contributed by atoms with van der Waals surface area (Å²) >= 11 is 0. The normalized spacial score (nSPS) is 18.4. The Balaban J connectivity index is 1.82. The van der Waals surface area contributed by atoms with Crippen molar-refractivity contribution in [2.75, 3.05) is 0 Å². The van der Waals surface area contributed by atoms with E-state index in [4.69, 9.17) is 4.74 Å². The van der Waals surface area contributed by atoms with Gasteiger partial charge in [-0.3, -0.25) is 0 Å². The Kier molecular flexibility index (Phi) is 5.20. The average molecular weight is 258 g/mol. The molecule has 0 N–H and O–H groups in total. The number of allylic oxidation sites excluding steroid dienone is 1. The molecule has 1 aromatic rings. The van der Waals surface area contributed by atoms with Crippen LogP contribution in [0.3, 0.4) is 0 Å². The fourth-order valence-corrected chi connectivity index (χ4v) is 2.48. The quantitative estimate of drug-likeness (QED) is 0.597. The van der Waals surface area contributed by atoms with Gasteiger partial charge in [-0.2, -0.15) is 0 Å². The molecule has 0 saturated heterocycles. The number of carbonyl (C=O) groups excluding carboxylic acids is 1. The van der Waals surface area contributed by atoms with E-state index in [0.29, 0.717) is 0 Å². The molecular weight excluding hydrogens is 236 g/mol. The molecule has 2 heteroatoms. The summed E-state index contributed by atoms with van der Waals surface area (Å²) in [5, 5.41) is 0. The number of rotatable bonds is 4. The molecule has 0 heterocycles. The van der Waals surface area contributed by atoms with Gasteiger partial charge in [0.2, 0.25) is 0 Å². The van der Waals surface area contributed by atoms with Crippen molar-refractivity contribution in [3.8, 4) is 0 Å². The van der Waals surface area contributed by atoms with Gasteiger partial charge in [0.15, 0.2) is 0 Å². The first kappa shape index (κ1) is 13.9. The second kappa shape index (κ2) is 7.13. The van der Waals surface area contributed by atoms with Crippen LogP contribution in [0, 0.1) is 0 Å². The maximum absolute atomic E-state index is 11.7. The van der Waals surface area contributed by atoms with Gasteiger partial charge < -0.3 is 4.74 Å². The van der Waals surface area contributed by atoms with E-state index in [-0.39, 0.29) is 18.0 Å². The lowest BCUT2D eigenvalue weighted by Gasteiger charge is -2.21. The van der Waals surface area contributed by atoms with E-state index in [1.807, 2.05) is 24.3 Å². The zero-order valence-electron chi connectivity index (χ0n) is 11.5. The Bertz CT molecular complexity index is 416. The van der Waals surface area contributed by atoms with Gasteiger partial charge in [0.1, 0.15) is 6.10 Å². The summed E-state index contributed by atoms with van der Waals surface area (Å²) in [6.45, 7) is 2.08. The fourth-order valence-electron chi connectivity index (χ4n) is 2.48. The number of hydrogen-bond donors (Lipinski definition) is 0. The van der Waals surface area contributed by atoms with Crippen LogP contribution in [0.5, 0.6) is 0 Å². The van der Waals surface area contributed by atoms with E-state index < -0.39 is 0 Å². The molecule has 2 rings (SSSR count). The van der Waals surface area contributed by atoms with E-state index in [1.54, 1.807) is 6.08 Å². The predicted molar refractivity (Wildman–Crippen MR) is 77.0 cm³/mol. The number of hydrogen-bond acceptors (Lipinski definition) is 2. The third-order valence-electron chi connectivity index (χ3n) is 3.68. The lowest BCUT2D eigenvalue weighted by atomic mass is 9.98. The lowest BCUT2D eigenvalue weighted by molar-refractivity contribution is -0.144. The summed E-state index contributed by atoms with van der Waals surface area (Å²) < 4.78 is 5.45. The Labute approximate surface area is 115 Å². The van der Waals surface area contributed by atoms with Crippen molar-refractivity contribution in [1.29, 1.82) is 0 Å². The monoisotopic (exact) mass is 258 g/mol. The zero-order chi connectivity index (χ0) is 13.5. The number of ether oxygens (including phenoxy) is 1. The molecule has 0 aromatic heterocycles.